The number of nitrogens with two attached hydrogens (primary N) is 1. The van der Waals surface area contributed by atoms with E-state index in [2.05, 4.69) is 22.1 Å². The molecule has 4 N–H and O–H groups in total. The number of ether oxygens (including phenoxy) is 1. The molecular weight excluding hydrogens is 407 g/mol. The van der Waals surface area contributed by atoms with Crippen LogP contribution in [0, 0.1) is 0 Å². The SMILES string of the molecule is CCCCCCCCNC(N)=NCC(O)CN1CCOCC1.I. The van der Waals surface area contributed by atoms with Gasteiger partial charge in [-0.25, -0.2) is 0 Å². The third kappa shape index (κ3) is 12.9. The Hall–Kier alpha value is -0.120. The zero-order valence-corrected chi connectivity index (χ0v) is 16.8. The average molecular weight is 442 g/mol. The molecule has 0 saturated carbocycles. The quantitative estimate of drug-likeness (QED) is 0.196. The summed E-state index contributed by atoms with van der Waals surface area (Å²) in [5.41, 5.74) is 5.81. The van der Waals surface area contributed by atoms with Crippen molar-refractivity contribution in [2.24, 2.45) is 10.7 Å². The summed E-state index contributed by atoms with van der Waals surface area (Å²) in [6, 6.07) is 0. The summed E-state index contributed by atoms with van der Waals surface area (Å²) in [5, 5.41) is 13.1. The first-order chi connectivity index (χ1) is 10.7. The minimum atomic E-state index is -0.465. The number of nitrogens with one attached hydrogen (secondary N) is 1. The largest absolute Gasteiger partial charge is 0.390 e. The zero-order valence-electron chi connectivity index (χ0n) is 14.5. The van der Waals surface area contributed by atoms with Crippen LogP contribution in [0.4, 0.5) is 0 Å². The van der Waals surface area contributed by atoms with Gasteiger partial charge in [-0.3, -0.25) is 9.89 Å². The Morgan fingerprint density at radius 2 is 1.87 bits per heavy atom. The van der Waals surface area contributed by atoms with Crippen LogP contribution in [0.15, 0.2) is 4.99 Å². The van der Waals surface area contributed by atoms with Gasteiger partial charge in [0, 0.05) is 26.2 Å². The summed E-state index contributed by atoms with van der Waals surface area (Å²) < 4.78 is 5.28. The van der Waals surface area contributed by atoms with E-state index < -0.39 is 6.10 Å². The standard InChI is InChI=1S/C16H34N4O2.HI/c1-2-3-4-5-6-7-8-18-16(17)19-13-15(21)14-20-9-11-22-12-10-20;/h15,21H,2-14H2,1H3,(H3,17,18,19);1H. The summed E-state index contributed by atoms with van der Waals surface area (Å²) in [5.74, 6) is 0.439. The predicted octanol–water partition coefficient (Wildman–Crippen LogP) is 1.56. The zero-order chi connectivity index (χ0) is 16.0. The van der Waals surface area contributed by atoms with Crippen LogP contribution in [0.2, 0.25) is 0 Å². The van der Waals surface area contributed by atoms with E-state index in [1.807, 2.05) is 0 Å². The van der Waals surface area contributed by atoms with Gasteiger partial charge in [-0.15, -0.1) is 24.0 Å². The summed E-state index contributed by atoms with van der Waals surface area (Å²) >= 11 is 0. The molecule has 0 aliphatic carbocycles. The molecule has 0 spiro atoms. The number of guanidine groups is 1. The Balaban J connectivity index is 0.00000484. The van der Waals surface area contributed by atoms with Crippen LogP contribution < -0.4 is 11.1 Å². The maximum absolute atomic E-state index is 9.97. The van der Waals surface area contributed by atoms with E-state index in [1.165, 1.54) is 32.1 Å². The summed E-state index contributed by atoms with van der Waals surface area (Å²) in [4.78, 5) is 6.41. The van der Waals surface area contributed by atoms with Crippen LogP contribution in [0.5, 0.6) is 0 Å². The van der Waals surface area contributed by atoms with Crippen molar-refractivity contribution < 1.29 is 9.84 Å². The molecule has 1 aliphatic heterocycles. The average Bonchev–Trinajstić information content (AvgIpc) is 2.53. The number of aliphatic imine (C=N–C) groups is 1. The molecule has 0 aromatic rings. The minimum Gasteiger partial charge on any atom is -0.390 e. The summed E-state index contributed by atoms with van der Waals surface area (Å²) in [7, 11) is 0. The number of β-amino-alcohol motifs (C(OH)–C–C–N with tert-alkyl or cyclic N) is 1. The fourth-order valence-corrected chi connectivity index (χ4v) is 2.52. The number of hydrogen-bond acceptors (Lipinski definition) is 4. The highest BCUT2D eigenvalue weighted by Gasteiger charge is 2.14. The molecule has 6 nitrogen and oxygen atoms in total. The fourth-order valence-electron chi connectivity index (χ4n) is 2.52. The first-order valence-electron chi connectivity index (χ1n) is 8.74. The van der Waals surface area contributed by atoms with Crippen LogP contribution in [0.25, 0.3) is 0 Å². The number of aliphatic hydroxyl groups is 1. The van der Waals surface area contributed by atoms with Gasteiger partial charge in [0.05, 0.1) is 25.9 Å². The van der Waals surface area contributed by atoms with Gasteiger partial charge in [0.1, 0.15) is 0 Å². The van der Waals surface area contributed by atoms with Crippen molar-refractivity contribution >= 4 is 29.9 Å². The van der Waals surface area contributed by atoms with E-state index in [1.54, 1.807) is 0 Å². The molecule has 0 aromatic carbocycles. The van der Waals surface area contributed by atoms with Crippen molar-refractivity contribution in [3.8, 4) is 0 Å². The number of nitrogens with zero attached hydrogens (tertiary/aromatic N) is 2. The van der Waals surface area contributed by atoms with Gasteiger partial charge in [0.15, 0.2) is 5.96 Å². The molecule has 0 aromatic heterocycles. The Bertz CT molecular complexity index is 300. The molecule has 0 bridgehead atoms. The fraction of sp³-hybridized carbons (Fsp3) is 0.938. The van der Waals surface area contributed by atoms with Gasteiger partial charge in [0.25, 0.3) is 0 Å². The second-order valence-electron chi connectivity index (χ2n) is 5.99. The van der Waals surface area contributed by atoms with Crippen LogP contribution in [0.1, 0.15) is 45.4 Å². The maximum atomic E-state index is 9.97. The number of morpholine rings is 1. The number of unbranched alkanes of at least 4 members (excludes halogenated alkanes) is 5. The minimum absolute atomic E-state index is 0. The van der Waals surface area contributed by atoms with Gasteiger partial charge in [0.2, 0.25) is 0 Å². The number of aliphatic hydroxyl groups excluding tert-OH is 1. The van der Waals surface area contributed by atoms with Gasteiger partial charge < -0.3 is 20.9 Å². The molecule has 1 heterocycles. The molecule has 0 radical (unpaired) electrons. The second kappa shape index (κ2) is 15.4. The van der Waals surface area contributed by atoms with Crippen molar-refractivity contribution in [1.29, 1.82) is 0 Å². The first-order valence-corrected chi connectivity index (χ1v) is 8.74. The topological polar surface area (TPSA) is 83.1 Å². The maximum Gasteiger partial charge on any atom is 0.188 e. The number of halogens is 1. The van der Waals surface area contributed by atoms with Crippen LogP contribution in [-0.4, -0.2) is 68.0 Å². The Labute approximate surface area is 158 Å². The molecular formula is C16H35IN4O2. The summed E-state index contributed by atoms with van der Waals surface area (Å²) in [6.07, 6.45) is 7.13. The second-order valence-corrected chi connectivity index (χ2v) is 5.99. The Kier molecular flexibility index (Phi) is 15.3. The smallest absolute Gasteiger partial charge is 0.188 e. The van der Waals surface area contributed by atoms with Crippen LogP contribution >= 0.6 is 24.0 Å². The molecule has 0 amide bonds. The highest BCUT2D eigenvalue weighted by molar-refractivity contribution is 14.0. The molecule has 7 heteroatoms. The molecule has 1 atom stereocenters. The monoisotopic (exact) mass is 442 g/mol. The van der Waals surface area contributed by atoms with Crippen molar-refractivity contribution in [3.63, 3.8) is 0 Å². The number of hydrogen-bond donors (Lipinski definition) is 3. The molecule has 1 fully saturated rings. The lowest BCUT2D eigenvalue weighted by atomic mass is 10.1. The van der Waals surface area contributed by atoms with Gasteiger partial charge in [-0.2, -0.15) is 0 Å². The van der Waals surface area contributed by atoms with Crippen molar-refractivity contribution in [3.05, 3.63) is 0 Å². The molecule has 1 saturated heterocycles. The van der Waals surface area contributed by atoms with Crippen molar-refractivity contribution in [1.82, 2.24) is 10.2 Å². The van der Waals surface area contributed by atoms with E-state index >= 15 is 0 Å². The highest BCUT2D eigenvalue weighted by Crippen LogP contribution is 2.04. The first kappa shape index (κ1) is 22.9. The molecule has 1 rings (SSSR count). The van der Waals surface area contributed by atoms with Crippen molar-refractivity contribution in [2.75, 3.05) is 45.9 Å². The molecule has 23 heavy (non-hydrogen) atoms. The van der Waals surface area contributed by atoms with Crippen LogP contribution in [0.3, 0.4) is 0 Å². The lowest BCUT2D eigenvalue weighted by molar-refractivity contribution is 0.0165. The molecule has 138 valence electrons. The van der Waals surface area contributed by atoms with Crippen LogP contribution in [-0.2, 0) is 4.74 Å². The van der Waals surface area contributed by atoms with Gasteiger partial charge in [-0.05, 0) is 6.42 Å². The predicted molar refractivity (Wildman–Crippen MR) is 107 cm³/mol. The number of rotatable bonds is 11. The van der Waals surface area contributed by atoms with Gasteiger partial charge >= 0.3 is 0 Å². The lowest BCUT2D eigenvalue weighted by Crippen LogP contribution is -2.42. The van der Waals surface area contributed by atoms with Gasteiger partial charge in [-0.1, -0.05) is 39.0 Å². The summed E-state index contributed by atoms with van der Waals surface area (Å²) in [6.45, 7) is 7.34. The third-order valence-electron chi connectivity index (χ3n) is 3.88. The van der Waals surface area contributed by atoms with Crippen molar-refractivity contribution in [2.45, 2.75) is 51.6 Å². The Morgan fingerprint density at radius 3 is 2.57 bits per heavy atom. The van der Waals surface area contributed by atoms with E-state index in [9.17, 15) is 5.11 Å². The van der Waals surface area contributed by atoms with E-state index in [0.717, 1.165) is 39.3 Å². The third-order valence-corrected chi connectivity index (χ3v) is 3.88. The van der Waals surface area contributed by atoms with E-state index in [4.69, 9.17) is 10.5 Å². The van der Waals surface area contributed by atoms with E-state index in [-0.39, 0.29) is 24.0 Å². The molecule has 1 aliphatic rings. The van der Waals surface area contributed by atoms with E-state index in [0.29, 0.717) is 19.0 Å². The normalized spacial score (nSPS) is 17.6. The Morgan fingerprint density at radius 1 is 1.22 bits per heavy atom. The lowest BCUT2D eigenvalue weighted by Gasteiger charge is -2.28. The molecule has 1 unspecified atom stereocenters. The highest BCUT2D eigenvalue weighted by atomic mass is 127.